The maximum atomic E-state index is 14.5. The van der Waals surface area contributed by atoms with Gasteiger partial charge in [-0.1, -0.05) is 0 Å². The third-order valence-corrected chi connectivity index (χ3v) is 4.29. The van der Waals surface area contributed by atoms with Gasteiger partial charge in [0.1, 0.15) is 5.82 Å². The van der Waals surface area contributed by atoms with E-state index in [1.807, 2.05) is 0 Å². The van der Waals surface area contributed by atoms with Crippen molar-refractivity contribution in [3.63, 3.8) is 0 Å². The molecule has 2 aromatic rings. The molecular weight excluding hydrogens is 412 g/mol. The highest BCUT2D eigenvalue weighted by atomic mass is 19.2. The smallest absolute Gasteiger partial charge is 0.350 e. The van der Waals surface area contributed by atoms with Gasteiger partial charge in [0.2, 0.25) is 17.2 Å². The highest BCUT2D eigenvalue weighted by Gasteiger charge is 2.55. The summed E-state index contributed by atoms with van der Waals surface area (Å²) in [5, 5.41) is 11.3. The van der Waals surface area contributed by atoms with Crippen LogP contribution in [0.5, 0.6) is 5.75 Å². The lowest BCUT2D eigenvalue weighted by Gasteiger charge is -2.16. The lowest BCUT2D eigenvalue weighted by Crippen LogP contribution is -2.31. The molecule has 1 aliphatic carbocycles. The molecule has 0 bridgehead atoms. The molecule has 0 amide bonds. The van der Waals surface area contributed by atoms with Crippen molar-refractivity contribution < 1.29 is 45.5 Å². The molecule has 0 aromatic heterocycles. The molecule has 0 N–H and O–H groups in total. The number of nitrogens with zero attached hydrogens (tertiary/aromatic N) is 1. The van der Waals surface area contributed by atoms with Gasteiger partial charge in [-0.25, -0.2) is 31.1 Å². The Labute approximate surface area is 157 Å². The van der Waals surface area contributed by atoms with Gasteiger partial charge in [0.25, 0.3) is 0 Å². The molecule has 6 nitrogen and oxygen atoms in total. The molecule has 1 aliphatic rings. The van der Waals surface area contributed by atoms with Crippen molar-refractivity contribution in [1.29, 1.82) is 0 Å². The van der Waals surface area contributed by atoms with E-state index in [0.717, 1.165) is 7.11 Å². The first-order chi connectivity index (χ1) is 13.5. The number of methoxy groups -OCH3 is 1. The fourth-order valence-corrected chi connectivity index (χ4v) is 2.66. The minimum Gasteiger partial charge on any atom is -0.468 e. The second-order valence-electron chi connectivity index (χ2n) is 6.09. The fourth-order valence-electron chi connectivity index (χ4n) is 2.66. The molecule has 0 aliphatic heterocycles. The van der Waals surface area contributed by atoms with Crippen LogP contribution in [0, 0.1) is 45.0 Å². The zero-order valence-electron chi connectivity index (χ0n) is 14.3. The molecule has 0 heterocycles. The van der Waals surface area contributed by atoms with Crippen LogP contribution in [0.25, 0.3) is 11.1 Å². The van der Waals surface area contributed by atoms with E-state index >= 15 is 0 Å². The Balaban J connectivity index is 2.19. The largest absolute Gasteiger partial charge is 0.468 e. The molecule has 0 unspecified atom stereocenters. The zero-order chi connectivity index (χ0) is 21.7. The number of halogens is 6. The second-order valence-corrected chi connectivity index (χ2v) is 6.09. The van der Waals surface area contributed by atoms with Crippen LogP contribution in [-0.2, 0) is 9.53 Å². The van der Waals surface area contributed by atoms with E-state index in [2.05, 4.69) is 4.74 Å². The molecule has 0 spiro atoms. The summed E-state index contributed by atoms with van der Waals surface area (Å²) < 4.78 is 92.2. The van der Waals surface area contributed by atoms with E-state index in [1.54, 1.807) is 0 Å². The predicted molar refractivity (Wildman–Crippen MR) is 82.9 cm³/mol. The monoisotopic (exact) mass is 421 g/mol. The third kappa shape index (κ3) is 3.23. The van der Waals surface area contributed by atoms with Gasteiger partial charge < -0.3 is 9.47 Å². The Morgan fingerprint density at radius 3 is 1.97 bits per heavy atom. The van der Waals surface area contributed by atoms with Crippen LogP contribution in [0.2, 0.25) is 0 Å². The summed E-state index contributed by atoms with van der Waals surface area (Å²) in [5.74, 6) is -15.1. The SMILES string of the molecule is COC(=O)C1(Oc2cc(F)c(-c3c(F)c(F)c(F)c(F)c3F)cc2[N+](=O)[O-])CC1. The van der Waals surface area contributed by atoms with E-state index in [-0.39, 0.29) is 18.9 Å². The van der Waals surface area contributed by atoms with Crippen LogP contribution in [0.3, 0.4) is 0 Å². The molecule has 12 heteroatoms. The van der Waals surface area contributed by atoms with E-state index in [0.29, 0.717) is 6.07 Å². The topological polar surface area (TPSA) is 78.7 Å². The highest BCUT2D eigenvalue weighted by molar-refractivity contribution is 5.83. The maximum Gasteiger partial charge on any atom is 0.350 e. The first-order valence-corrected chi connectivity index (χ1v) is 7.81. The molecule has 3 rings (SSSR count). The number of hydrogen-bond donors (Lipinski definition) is 0. The summed E-state index contributed by atoms with van der Waals surface area (Å²) in [6.07, 6.45) is 0.218. The van der Waals surface area contributed by atoms with Crippen LogP contribution >= 0.6 is 0 Å². The summed E-state index contributed by atoms with van der Waals surface area (Å²) in [6.45, 7) is 0. The quantitative estimate of drug-likeness (QED) is 0.181. The van der Waals surface area contributed by atoms with Gasteiger partial charge in [0.05, 0.1) is 17.6 Å². The first-order valence-electron chi connectivity index (χ1n) is 7.81. The summed E-state index contributed by atoms with van der Waals surface area (Å²) in [4.78, 5) is 21.9. The van der Waals surface area contributed by atoms with Crippen molar-refractivity contribution in [2.24, 2.45) is 0 Å². The van der Waals surface area contributed by atoms with Gasteiger partial charge in [0.15, 0.2) is 23.3 Å². The van der Waals surface area contributed by atoms with E-state index < -0.39 is 74.0 Å². The van der Waals surface area contributed by atoms with Crippen molar-refractivity contribution in [3.8, 4) is 16.9 Å². The minimum atomic E-state index is -2.47. The molecular formula is C17H9F6NO5. The van der Waals surface area contributed by atoms with Crippen LogP contribution in [-0.4, -0.2) is 23.6 Å². The average molecular weight is 421 g/mol. The van der Waals surface area contributed by atoms with Crippen LogP contribution in [0.1, 0.15) is 12.8 Å². The van der Waals surface area contributed by atoms with Crippen molar-refractivity contribution in [3.05, 3.63) is 57.2 Å². The Bertz CT molecular complexity index is 1020. The van der Waals surface area contributed by atoms with Gasteiger partial charge in [-0.15, -0.1) is 0 Å². The first kappa shape index (κ1) is 20.4. The normalized spacial score (nSPS) is 14.4. The Hall–Kier alpha value is -3.31. The standard InChI is InChI=1S/C17H9F6NO5/c1-28-16(25)17(2-3-17)29-9-5-7(18)6(4-8(9)24(26)27)10-11(19)13(21)15(23)14(22)12(10)20/h4-5H,2-3H2,1H3. The number of nitro groups is 1. The molecule has 154 valence electrons. The highest BCUT2D eigenvalue weighted by Crippen LogP contribution is 2.45. The predicted octanol–water partition coefficient (Wildman–Crippen LogP) is 4.18. The lowest BCUT2D eigenvalue weighted by atomic mass is 10.0. The van der Waals surface area contributed by atoms with Crippen LogP contribution in [0.15, 0.2) is 12.1 Å². The number of rotatable bonds is 5. The second kappa shape index (κ2) is 6.94. The van der Waals surface area contributed by atoms with Crippen LogP contribution in [0.4, 0.5) is 32.0 Å². The minimum absolute atomic E-state index is 0.109. The van der Waals surface area contributed by atoms with E-state index in [9.17, 15) is 41.3 Å². The number of nitro benzene ring substituents is 1. The molecule has 2 aromatic carbocycles. The van der Waals surface area contributed by atoms with E-state index in [4.69, 9.17) is 4.74 Å². The number of carbonyl (C=O) groups excluding carboxylic acids is 1. The molecule has 1 saturated carbocycles. The number of benzene rings is 2. The van der Waals surface area contributed by atoms with Crippen molar-refractivity contribution in [2.45, 2.75) is 18.4 Å². The number of esters is 1. The Kier molecular flexibility index (Phi) is 4.89. The Morgan fingerprint density at radius 2 is 1.52 bits per heavy atom. The van der Waals surface area contributed by atoms with Crippen LogP contribution < -0.4 is 4.74 Å². The molecule has 1 fully saturated rings. The molecule has 29 heavy (non-hydrogen) atoms. The number of ether oxygens (including phenoxy) is 2. The Morgan fingerprint density at radius 1 is 1.00 bits per heavy atom. The van der Waals surface area contributed by atoms with Gasteiger partial charge in [-0.2, -0.15) is 0 Å². The fraction of sp³-hybridized carbons (Fsp3) is 0.235. The zero-order valence-corrected chi connectivity index (χ0v) is 14.3. The number of hydrogen-bond acceptors (Lipinski definition) is 5. The van der Waals surface area contributed by atoms with Crippen molar-refractivity contribution in [1.82, 2.24) is 0 Å². The van der Waals surface area contributed by atoms with Gasteiger partial charge in [0, 0.05) is 30.5 Å². The summed E-state index contributed by atoms with van der Waals surface area (Å²) in [6, 6.07) is 0.588. The summed E-state index contributed by atoms with van der Waals surface area (Å²) in [7, 11) is 1.03. The van der Waals surface area contributed by atoms with Gasteiger partial charge in [-0.05, 0) is 0 Å². The van der Waals surface area contributed by atoms with Crippen molar-refractivity contribution >= 4 is 11.7 Å². The van der Waals surface area contributed by atoms with Gasteiger partial charge in [-0.3, -0.25) is 10.1 Å². The number of carbonyl (C=O) groups is 1. The van der Waals surface area contributed by atoms with Crippen molar-refractivity contribution in [2.75, 3.05) is 7.11 Å². The molecule has 0 atom stereocenters. The summed E-state index contributed by atoms with van der Waals surface area (Å²) in [5.41, 5.74) is -5.57. The van der Waals surface area contributed by atoms with E-state index in [1.165, 1.54) is 0 Å². The lowest BCUT2D eigenvalue weighted by molar-refractivity contribution is -0.386. The average Bonchev–Trinajstić information content (AvgIpc) is 3.46. The maximum absolute atomic E-state index is 14.5. The summed E-state index contributed by atoms with van der Waals surface area (Å²) >= 11 is 0. The molecule has 0 radical (unpaired) electrons. The third-order valence-electron chi connectivity index (χ3n) is 4.29. The van der Waals surface area contributed by atoms with Gasteiger partial charge >= 0.3 is 11.7 Å². The molecule has 0 saturated heterocycles.